The Balaban J connectivity index is 1.57. The molecule has 2 heterocycles. The molecule has 2 saturated heterocycles. The van der Waals surface area contributed by atoms with E-state index in [1.165, 1.54) is 6.08 Å². The highest BCUT2D eigenvalue weighted by atomic mass is 32.2. The maximum atomic E-state index is 13.6. The maximum absolute atomic E-state index is 13.6. The van der Waals surface area contributed by atoms with Crippen molar-refractivity contribution in [3.8, 4) is 0 Å². The van der Waals surface area contributed by atoms with Crippen LogP contribution < -0.4 is 15.4 Å². The number of esters is 1. The van der Waals surface area contributed by atoms with E-state index in [2.05, 4.69) is 15.4 Å². The minimum Gasteiger partial charge on any atom is -0.465 e. The lowest BCUT2D eigenvalue weighted by Crippen LogP contribution is -2.50. The number of ether oxygens (including phenoxy) is 3. The summed E-state index contributed by atoms with van der Waals surface area (Å²) < 4.78 is 43.9. The van der Waals surface area contributed by atoms with Gasteiger partial charge in [0.1, 0.15) is 17.2 Å². The second-order valence-electron chi connectivity index (χ2n) is 16.9. The highest BCUT2D eigenvalue weighted by Gasteiger charge is 2.31. The van der Waals surface area contributed by atoms with Crippen LogP contribution in [0.5, 0.6) is 0 Å². The van der Waals surface area contributed by atoms with Gasteiger partial charge in [0.15, 0.2) is 0 Å². The van der Waals surface area contributed by atoms with Crippen LogP contribution in [0.15, 0.2) is 35.7 Å². The number of piperidine rings is 2. The van der Waals surface area contributed by atoms with Crippen LogP contribution in [0.25, 0.3) is 6.08 Å². The van der Waals surface area contributed by atoms with Gasteiger partial charge in [-0.3, -0.25) is 14.4 Å². The summed E-state index contributed by atoms with van der Waals surface area (Å²) in [6, 6.07) is 7.37. The fourth-order valence-electron chi connectivity index (χ4n) is 6.72. The van der Waals surface area contributed by atoms with E-state index in [-0.39, 0.29) is 43.7 Å². The van der Waals surface area contributed by atoms with Crippen molar-refractivity contribution in [1.82, 2.24) is 25.2 Å². The smallest absolute Gasteiger partial charge is 0.410 e. The molecule has 3 N–H and O–H groups in total. The van der Waals surface area contributed by atoms with E-state index < -0.39 is 39.1 Å². The van der Waals surface area contributed by atoms with Crippen molar-refractivity contribution in [2.75, 3.05) is 45.9 Å². The minimum absolute atomic E-state index is 0.00795. The molecule has 0 unspecified atom stereocenters. The summed E-state index contributed by atoms with van der Waals surface area (Å²) in [4.78, 5) is 67.8. The first-order valence-electron chi connectivity index (χ1n) is 20.2. The Labute approximate surface area is 339 Å². The zero-order valence-electron chi connectivity index (χ0n) is 34.8. The Bertz CT molecular complexity index is 1560. The van der Waals surface area contributed by atoms with Crippen LogP contribution in [0.2, 0.25) is 0 Å². The molecular weight excluding hydrogens is 755 g/mol. The number of hydrogen-bond donors (Lipinski definition) is 3. The van der Waals surface area contributed by atoms with Crippen LogP contribution in [0.4, 0.5) is 9.59 Å². The molecule has 0 radical (unpaired) electrons. The summed E-state index contributed by atoms with van der Waals surface area (Å²) in [6.07, 6.45) is 6.70. The molecule has 0 aliphatic carbocycles. The zero-order chi connectivity index (χ0) is 42.2. The van der Waals surface area contributed by atoms with E-state index in [1.807, 2.05) is 41.5 Å². The molecule has 1 aromatic carbocycles. The third-order valence-corrected chi connectivity index (χ3v) is 10.9. The number of amides is 4. The lowest BCUT2D eigenvalue weighted by Gasteiger charge is -2.34. The van der Waals surface area contributed by atoms with Gasteiger partial charge < -0.3 is 34.6 Å². The second-order valence-corrected chi connectivity index (χ2v) is 18.5. The Morgan fingerprint density at radius 1 is 0.789 bits per heavy atom. The molecule has 57 heavy (non-hydrogen) atoms. The number of carbonyl (C=O) groups excluding carboxylic acids is 5. The molecule has 4 amide bonds. The van der Waals surface area contributed by atoms with Gasteiger partial charge in [-0.2, -0.15) is 4.72 Å². The molecule has 0 spiro atoms. The predicted octanol–water partition coefficient (Wildman–Crippen LogP) is 5.21. The number of likely N-dealkylation sites (tertiary alicyclic amines) is 2. The molecule has 0 saturated carbocycles. The largest absolute Gasteiger partial charge is 0.465 e. The number of hydrogen-bond acceptors (Lipinski definition) is 10. The van der Waals surface area contributed by atoms with Gasteiger partial charge in [0.25, 0.3) is 0 Å². The van der Waals surface area contributed by atoms with Crippen molar-refractivity contribution < 1.29 is 46.6 Å². The highest BCUT2D eigenvalue weighted by Crippen LogP contribution is 2.30. The molecular formula is C41H65N5O10S. The number of nitrogens with one attached hydrogen (secondary N) is 3. The van der Waals surface area contributed by atoms with Crippen molar-refractivity contribution >= 4 is 46.1 Å². The number of sulfonamides is 1. The van der Waals surface area contributed by atoms with Gasteiger partial charge >= 0.3 is 18.2 Å². The van der Waals surface area contributed by atoms with Crippen molar-refractivity contribution in [3.63, 3.8) is 0 Å². The lowest BCUT2D eigenvalue weighted by atomic mass is 9.84. The van der Waals surface area contributed by atoms with Crippen molar-refractivity contribution in [3.05, 3.63) is 41.3 Å². The molecule has 320 valence electrons. The standard InChI is InChI=1S/C41H65N5O10S/c1-8-54-37(49)34(44-57(52,53)27-22-30-12-10-9-11-13-30)28-42-35(47)29-43-36(48)33(16-14-31-18-23-45(24-19-31)38(50)55-40(2,3)4)17-15-32-20-25-46(26-21-32)39(51)56-41(5,6)7/h9-13,22,27,31-34,44H,8,14-21,23-26,28-29H2,1-7H3,(H,42,47)(H,43,48)/b27-22+/t34-/m0/s1. The van der Waals surface area contributed by atoms with E-state index in [0.717, 1.165) is 43.9 Å². The maximum Gasteiger partial charge on any atom is 0.410 e. The summed E-state index contributed by atoms with van der Waals surface area (Å²) in [5, 5.41) is 6.23. The number of nitrogens with zero attached hydrogens (tertiary/aromatic N) is 2. The molecule has 3 rings (SSSR count). The molecule has 0 aromatic heterocycles. The number of benzene rings is 1. The summed E-state index contributed by atoms with van der Waals surface area (Å²) in [6.45, 7) is 14.2. The normalized spacial score (nSPS) is 16.6. The molecule has 2 aliphatic heterocycles. The zero-order valence-corrected chi connectivity index (χ0v) is 35.7. The lowest BCUT2D eigenvalue weighted by molar-refractivity contribution is -0.145. The van der Waals surface area contributed by atoms with E-state index in [0.29, 0.717) is 56.4 Å². The van der Waals surface area contributed by atoms with Crippen molar-refractivity contribution in [1.29, 1.82) is 0 Å². The van der Waals surface area contributed by atoms with Gasteiger partial charge in [0, 0.05) is 44.0 Å². The van der Waals surface area contributed by atoms with Crippen LogP contribution >= 0.6 is 0 Å². The van der Waals surface area contributed by atoms with Gasteiger partial charge in [0.2, 0.25) is 21.8 Å². The summed E-state index contributed by atoms with van der Waals surface area (Å²) in [5.74, 6) is -1.44. The van der Waals surface area contributed by atoms with Crippen LogP contribution in [-0.2, 0) is 38.6 Å². The minimum atomic E-state index is -4.09. The SMILES string of the molecule is CCOC(=O)[C@H](CNC(=O)CNC(=O)C(CCC1CCN(C(=O)OC(C)(C)C)CC1)CCC1CCN(C(=O)OC(C)(C)C)CC1)NS(=O)(=O)/C=C/c1ccccc1. The first-order valence-corrected chi connectivity index (χ1v) is 21.7. The summed E-state index contributed by atoms with van der Waals surface area (Å²) in [5.41, 5.74) is -0.499. The Morgan fingerprint density at radius 2 is 1.28 bits per heavy atom. The van der Waals surface area contributed by atoms with Crippen LogP contribution in [0.3, 0.4) is 0 Å². The molecule has 2 aliphatic rings. The predicted molar refractivity (Wildman–Crippen MR) is 217 cm³/mol. The fraction of sp³-hybridized carbons (Fsp3) is 0.683. The van der Waals surface area contributed by atoms with E-state index in [9.17, 15) is 32.4 Å². The Hall–Kier alpha value is -4.18. The fourth-order valence-corrected chi connectivity index (χ4v) is 7.71. The van der Waals surface area contributed by atoms with Crippen LogP contribution in [0.1, 0.15) is 105 Å². The Morgan fingerprint density at radius 3 is 1.74 bits per heavy atom. The quantitative estimate of drug-likeness (QED) is 0.139. The third-order valence-electron chi connectivity index (χ3n) is 9.79. The molecule has 1 aromatic rings. The van der Waals surface area contributed by atoms with Crippen LogP contribution in [-0.4, -0.2) is 111 Å². The van der Waals surface area contributed by atoms with Gasteiger partial charge in [0.05, 0.1) is 13.2 Å². The monoisotopic (exact) mass is 819 g/mol. The molecule has 0 bridgehead atoms. The first-order chi connectivity index (χ1) is 26.7. The first kappa shape index (κ1) is 47.2. The molecule has 2 fully saturated rings. The van der Waals surface area contributed by atoms with Crippen molar-refractivity contribution in [2.24, 2.45) is 17.8 Å². The van der Waals surface area contributed by atoms with Crippen LogP contribution in [0, 0.1) is 17.8 Å². The van der Waals surface area contributed by atoms with E-state index >= 15 is 0 Å². The average molecular weight is 820 g/mol. The summed E-state index contributed by atoms with van der Waals surface area (Å²) >= 11 is 0. The highest BCUT2D eigenvalue weighted by molar-refractivity contribution is 7.92. The molecule has 16 heteroatoms. The van der Waals surface area contributed by atoms with Gasteiger partial charge in [-0.1, -0.05) is 30.3 Å². The van der Waals surface area contributed by atoms with Gasteiger partial charge in [-0.15, -0.1) is 0 Å². The van der Waals surface area contributed by atoms with Gasteiger partial charge in [-0.25, -0.2) is 18.0 Å². The molecule has 1 atom stereocenters. The Kier molecular flexibility index (Phi) is 18.3. The van der Waals surface area contributed by atoms with Crippen molar-refractivity contribution in [2.45, 2.75) is 117 Å². The summed E-state index contributed by atoms with van der Waals surface area (Å²) in [7, 11) is -4.09. The third kappa shape index (κ3) is 18.3. The average Bonchev–Trinajstić information content (AvgIpc) is 3.14. The molecule has 15 nitrogen and oxygen atoms in total. The topological polar surface area (TPSA) is 190 Å². The second kappa shape index (κ2) is 22.1. The van der Waals surface area contributed by atoms with Gasteiger partial charge in [-0.05, 0) is 123 Å². The number of rotatable bonds is 17. The van der Waals surface area contributed by atoms with E-state index in [1.54, 1.807) is 47.1 Å². The van der Waals surface area contributed by atoms with E-state index in [4.69, 9.17) is 14.2 Å². The number of carbonyl (C=O) groups is 5.